The maximum atomic E-state index is 9.86. The summed E-state index contributed by atoms with van der Waals surface area (Å²) in [6, 6.07) is 10.5. The molecule has 0 amide bonds. The van der Waals surface area contributed by atoms with E-state index in [1.165, 1.54) is 5.56 Å². The second-order valence-corrected chi connectivity index (χ2v) is 4.89. The van der Waals surface area contributed by atoms with Crippen molar-refractivity contribution in [2.45, 2.75) is 25.1 Å². The van der Waals surface area contributed by atoms with Crippen LogP contribution in [0.5, 0.6) is 0 Å². The third kappa shape index (κ3) is 3.78. The fraction of sp³-hybridized carbons (Fsp3) is 0.571. The highest BCUT2D eigenvalue weighted by Crippen LogP contribution is 2.13. The van der Waals surface area contributed by atoms with Gasteiger partial charge in [0.05, 0.1) is 6.10 Å². The van der Waals surface area contributed by atoms with Crippen LogP contribution in [-0.2, 0) is 6.54 Å². The van der Waals surface area contributed by atoms with E-state index in [-0.39, 0.29) is 18.8 Å². The van der Waals surface area contributed by atoms with E-state index in [0.29, 0.717) is 13.1 Å². The van der Waals surface area contributed by atoms with Crippen LogP contribution in [0.15, 0.2) is 30.3 Å². The van der Waals surface area contributed by atoms with Gasteiger partial charge in [0.2, 0.25) is 0 Å². The predicted molar refractivity (Wildman–Crippen MR) is 71.2 cm³/mol. The van der Waals surface area contributed by atoms with E-state index < -0.39 is 0 Å². The number of aliphatic hydroxyl groups is 2. The van der Waals surface area contributed by atoms with Crippen LogP contribution < -0.4 is 5.32 Å². The van der Waals surface area contributed by atoms with Gasteiger partial charge in [-0.1, -0.05) is 30.3 Å². The molecule has 1 aliphatic heterocycles. The molecule has 0 saturated carbocycles. The molecule has 1 saturated heterocycles. The number of hydrogen-bond donors (Lipinski definition) is 3. The van der Waals surface area contributed by atoms with Crippen molar-refractivity contribution in [1.82, 2.24) is 10.2 Å². The van der Waals surface area contributed by atoms with Gasteiger partial charge >= 0.3 is 0 Å². The third-order valence-corrected chi connectivity index (χ3v) is 3.41. The first-order valence-corrected chi connectivity index (χ1v) is 6.57. The minimum atomic E-state index is -0.336. The standard InChI is InChI=1S/C14H22N2O2/c17-7-6-13-8-15-9-14(18)11-16(13)10-12-4-2-1-3-5-12/h1-5,13-15,17-18H,6-11H2/t13-,14+/m1/s1. The zero-order valence-electron chi connectivity index (χ0n) is 10.6. The van der Waals surface area contributed by atoms with E-state index in [1.54, 1.807) is 0 Å². The molecule has 2 rings (SSSR count). The van der Waals surface area contributed by atoms with Crippen molar-refractivity contribution in [3.05, 3.63) is 35.9 Å². The fourth-order valence-electron chi connectivity index (χ4n) is 2.48. The molecule has 0 unspecified atom stereocenters. The topological polar surface area (TPSA) is 55.7 Å². The van der Waals surface area contributed by atoms with E-state index in [0.717, 1.165) is 19.5 Å². The quantitative estimate of drug-likeness (QED) is 0.715. The number of hydrogen-bond acceptors (Lipinski definition) is 4. The minimum Gasteiger partial charge on any atom is -0.396 e. The normalized spacial score (nSPS) is 25.9. The maximum absolute atomic E-state index is 9.86. The second-order valence-electron chi connectivity index (χ2n) is 4.89. The Bertz CT molecular complexity index is 345. The molecule has 2 atom stereocenters. The summed E-state index contributed by atoms with van der Waals surface area (Å²) < 4.78 is 0. The first-order valence-electron chi connectivity index (χ1n) is 6.57. The molecule has 4 nitrogen and oxygen atoms in total. The summed E-state index contributed by atoms with van der Waals surface area (Å²) in [5.74, 6) is 0. The van der Waals surface area contributed by atoms with Gasteiger partial charge in [0.25, 0.3) is 0 Å². The monoisotopic (exact) mass is 250 g/mol. The summed E-state index contributed by atoms with van der Waals surface area (Å²) in [4.78, 5) is 2.26. The Labute approximate surface area is 108 Å². The van der Waals surface area contributed by atoms with Crippen molar-refractivity contribution in [1.29, 1.82) is 0 Å². The van der Waals surface area contributed by atoms with Gasteiger partial charge in [-0.05, 0) is 12.0 Å². The van der Waals surface area contributed by atoms with Crippen molar-refractivity contribution >= 4 is 0 Å². The molecule has 0 bridgehead atoms. The molecule has 0 radical (unpaired) electrons. The van der Waals surface area contributed by atoms with Crippen LogP contribution in [0, 0.1) is 0 Å². The Balaban J connectivity index is 2.04. The molecule has 1 heterocycles. The summed E-state index contributed by atoms with van der Waals surface area (Å²) in [7, 11) is 0. The Hall–Kier alpha value is -0.940. The maximum Gasteiger partial charge on any atom is 0.0791 e. The molecule has 1 aromatic carbocycles. The summed E-state index contributed by atoms with van der Waals surface area (Å²) in [5.41, 5.74) is 1.24. The van der Waals surface area contributed by atoms with Gasteiger partial charge in [-0.25, -0.2) is 0 Å². The first-order chi connectivity index (χ1) is 8.79. The average Bonchev–Trinajstić information content (AvgIpc) is 2.54. The van der Waals surface area contributed by atoms with Crippen LogP contribution in [0.3, 0.4) is 0 Å². The number of aliphatic hydroxyl groups excluding tert-OH is 2. The lowest BCUT2D eigenvalue weighted by Crippen LogP contribution is -2.41. The average molecular weight is 250 g/mol. The molecule has 100 valence electrons. The van der Waals surface area contributed by atoms with Crippen LogP contribution in [-0.4, -0.2) is 53.5 Å². The van der Waals surface area contributed by atoms with Gasteiger partial charge in [0, 0.05) is 38.8 Å². The molecular formula is C14H22N2O2. The summed E-state index contributed by atoms with van der Waals surface area (Å²) in [6.45, 7) is 3.13. The van der Waals surface area contributed by atoms with Gasteiger partial charge in [-0.15, -0.1) is 0 Å². The zero-order chi connectivity index (χ0) is 12.8. The first kappa shape index (κ1) is 13.5. The van der Waals surface area contributed by atoms with Crippen LogP contribution >= 0.6 is 0 Å². The van der Waals surface area contributed by atoms with E-state index in [9.17, 15) is 5.11 Å². The minimum absolute atomic E-state index is 0.188. The molecule has 18 heavy (non-hydrogen) atoms. The fourth-order valence-corrected chi connectivity index (χ4v) is 2.48. The number of rotatable bonds is 4. The van der Waals surface area contributed by atoms with Crippen molar-refractivity contribution in [3.8, 4) is 0 Å². The largest absolute Gasteiger partial charge is 0.396 e. The SMILES string of the molecule is OCC[C@@H]1CNC[C@H](O)CN1Cc1ccccc1. The molecule has 3 N–H and O–H groups in total. The Kier molecular flexibility index (Phi) is 5.13. The van der Waals surface area contributed by atoms with Crippen LogP contribution in [0.4, 0.5) is 0 Å². The zero-order valence-corrected chi connectivity index (χ0v) is 10.6. The summed E-state index contributed by atoms with van der Waals surface area (Å²) in [6.07, 6.45) is 0.407. The number of benzene rings is 1. The van der Waals surface area contributed by atoms with Crippen molar-refractivity contribution in [2.75, 3.05) is 26.2 Å². The molecule has 4 heteroatoms. The van der Waals surface area contributed by atoms with Crippen LogP contribution in [0.1, 0.15) is 12.0 Å². The lowest BCUT2D eigenvalue weighted by Gasteiger charge is -2.30. The second kappa shape index (κ2) is 6.85. The molecule has 0 aliphatic carbocycles. The predicted octanol–water partition coefficient (Wildman–Crippen LogP) is 0.204. The highest BCUT2D eigenvalue weighted by Gasteiger charge is 2.24. The van der Waals surface area contributed by atoms with Gasteiger partial charge in [-0.2, -0.15) is 0 Å². The molecule has 0 spiro atoms. The van der Waals surface area contributed by atoms with Gasteiger partial charge < -0.3 is 15.5 Å². The molecule has 1 aliphatic rings. The van der Waals surface area contributed by atoms with E-state index in [1.807, 2.05) is 18.2 Å². The molecule has 1 fully saturated rings. The molecule has 1 aromatic rings. The third-order valence-electron chi connectivity index (χ3n) is 3.41. The highest BCUT2D eigenvalue weighted by atomic mass is 16.3. The smallest absolute Gasteiger partial charge is 0.0791 e. The van der Waals surface area contributed by atoms with Crippen molar-refractivity contribution in [3.63, 3.8) is 0 Å². The van der Waals surface area contributed by atoms with Crippen LogP contribution in [0.2, 0.25) is 0 Å². The summed E-state index contributed by atoms with van der Waals surface area (Å²) in [5, 5.41) is 22.2. The lowest BCUT2D eigenvalue weighted by molar-refractivity contribution is 0.0947. The van der Waals surface area contributed by atoms with E-state index in [2.05, 4.69) is 22.3 Å². The number of nitrogens with one attached hydrogen (secondary N) is 1. The van der Waals surface area contributed by atoms with E-state index in [4.69, 9.17) is 5.11 Å². The summed E-state index contributed by atoms with van der Waals surface area (Å²) >= 11 is 0. The highest BCUT2D eigenvalue weighted by molar-refractivity contribution is 5.14. The Morgan fingerprint density at radius 1 is 1.22 bits per heavy atom. The molecular weight excluding hydrogens is 228 g/mol. The van der Waals surface area contributed by atoms with Crippen molar-refractivity contribution in [2.24, 2.45) is 0 Å². The van der Waals surface area contributed by atoms with Gasteiger partial charge in [0.1, 0.15) is 0 Å². The Morgan fingerprint density at radius 2 is 2.00 bits per heavy atom. The molecule has 0 aromatic heterocycles. The number of β-amino-alcohol motifs (C(OH)–C–C–N with tert-alkyl or cyclic N) is 1. The van der Waals surface area contributed by atoms with Crippen LogP contribution in [0.25, 0.3) is 0 Å². The Morgan fingerprint density at radius 3 is 2.72 bits per heavy atom. The van der Waals surface area contributed by atoms with E-state index >= 15 is 0 Å². The number of nitrogens with zero attached hydrogens (tertiary/aromatic N) is 1. The van der Waals surface area contributed by atoms with Gasteiger partial charge in [0.15, 0.2) is 0 Å². The van der Waals surface area contributed by atoms with Gasteiger partial charge in [-0.3, -0.25) is 4.90 Å². The lowest BCUT2D eigenvalue weighted by atomic mass is 10.1. The van der Waals surface area contributed by atoms with Crippen molar-refractivity contribution < 1.29 is 10.2 Å².